The van der Waals surface area contributed by atoms with Gasteiger partial charge in [-0.15, -0.1) is 0 Å². The van der Waals surface area contributed by atoms with Crippen LogP contribution in [-0.2, 0) is 17.6 Å². The molecular weight excluding hydrogens is 238 g/mol. The Labute approximate surface area is 115 Å². The lowest BCUT2D eigenvalue weighted by Crippen LogP contribution is -2.33. The third-order valence-corrected chi connectivity index (χ3v) is 4.31. The highest BCUT2D eigenvalue weighted by molar-refractivity contribution is 5.46. The molecule has 2 heterocycles. The van der Waals surface area contributed by atoms with E-state index in [2.05, 4.69) is 22.2 Å². The Hall–Kier alpha value is -1.16. The molecule has 1 aliphatic carbocycles. The first-order valence-electron chi connectivity index (χ1n) is 7.47. The highest BCUT2D eigenvalue weighted by atomic mass is 16.5. The van der Waals surface area contributed by atoms with E-state index in [1.165, 1.54) is 36.9 Å². The summed E-state index contributed by atoms with van der Waals surface area (Å²) < 4.78 is 5.83. The van der Waals surface area contributed by atoms with Crippen LogP contribution < -0.4 is 5.32 Å². The van der Waals surface area contributed by atoms with Gasteiger partial charge >= 0.3 is 0 Å². The zero-order valence-electron chi connectivity index (χ0n) is 11.7. The molecule has 0 saturated carbocycles. The topological polar surface area (TPSA) is 47.0 Å². The smallest absolute Gasteiger partial charge is 0.132 e. The number of fused-ring (bicyclic) bond motifs is 1. The zero-order valence-corrected chi connectivity index (χ0v) is 11.7. The number of nitrogens with one attached hydrogen (secondary N) is 1. The summed E-state index contributed by atoms with van der Waals surface area (Å²) >= 11 is 0. The molecule has 1 aromatic heterocycles. The minimum Gasteiger partial charge on any atom is -0.373 e. The van der Waals surface area contributed by atoms with E-state index in [9.17, 15) is 0 Å². The molecule has 3 rings (SSSR count). The fraction of sp³-hybridized carbons (Fsp3) is 0.733. The van der Waals surface area contributed by atoms with Crippen LogP contribution in [0.4, 0.5) is 5.82 Å². The summed E-state index contributed by atoms with van der Waals surface area (Å²) in [6, 6.07) is 0. The van der Waals surface area contributed by atoms with Crippen molar-refractivity contribution >= 4 is 5.82 Å². The molecule has 2 aliphatic rings. The van der Waals surface area contributed by atoms with Crippen molar-refractivity contribution in [1.29, 1.82) is 0 Å². The molecule has 0 bridgehead atoms. The molecule has 4 nitrogen and oxygen atoms in total. The molecule has 1 aromatic rings. The molecule has 1 saturated heterocycles. The average molecular weight is 261 g/mol. The summed E-state index contributed by atoms with van der Waals surface area (Å²) in [7, 11) is 0. The largest absolute Gasteiger partial charge is 0.373 e. The Morgan fingerprint density at radius 3 is 2.95 bits per heavy atom. The number of aromatic nitrogens is 2. The van der Waals surface area contributed by atoms with Gasteiger partial charge in [-0.2, -0.15) is 0 Å². The lowest BCUT2D eigenvalue weighted by molar-refractivity contribution is 0.0314. The molecule has 1 aliphatic heterocycles. The van der Waals surface area contributed by atoms with Gasteiger partial charge in [-0.05, 0) is 45.4 Å². The van der Waals surface area contributed by atoms with Crippen LogP contribution in [0, 0.1) is 0 Å². The van der Waals surface area contributed by atoms with E-state index in [1.54, 1.807) is 6.33 Å². The molecule has 1 unspecified atom stereocenters. The predicted molar refractivity (Wildman–Crippen MR) is 75.4 cm³/mol. The van der Waals surface area contributed by atoms with Gasteiger partial charge in [0.1, 0.15) is 12.1 Å². The van der Waals surface area contributed by atoms with E-state index < -0.39 is 0 Å². The Morgan fingerprint density at radius 1 is 1.21 bits per heavy atom. The van der Waals surface area contributed by atoms with Crippen LogP contribution in [0.1, 0.15) is 50.3 Å². The van der Waals surface area contributed by atoms with E-state index in [1.807, 2.05) is 0 Å². The second-order valence-corrected chi connectivity index (χ2v) is 5.96. The highest BCUT2D eigenvalue weighted by Crippen LogP contribution is 2.27. The number of aryl methyl sites for hydroxylation is 1. The van der Waals surface area contributed by atoms with Crippen molar-refractivity contribution < 1.29 is 4.74 Å². The Balaban J connectivity index is 1.73. The standard InChI is InChI=1S/C15H23N3O/c1-15(8-5-9-19-15)10-16-14-12-6-3-2-4-7-13(12)17-11-18-14/h11H,2-10H2,1H3,(H,16,17,18). The summed E-state index contributed by atoms with van der Waals surface area (Å²) in [5.41, 5.74) is 2.55. The summed E-state index contributed by atoms with van der Waals surface area (Å²) in [6.07, 6.45) is 10.0. The van der Waals surface area contributed by atoms with Gasteiger partial charge in [-0.3, -0.25) is 0 Å². The van der Waals surface area contributed by atoms with Crippen LogP contribution in [0.2, 0.25) is 0 Å². The van der Waals surface area contributed by atoms with E-state index in [0.29, 0.717) is 0 Å². The summed E-state index contributed by atoms with van der Waals surface area (Å²) in [4.78, 5) is 8.90. The molecule has 0 spiro atoms. The fourth-order valence-electron chi connectivity index (χ4n) is 3.10. The van der Waals surface area contributed by atoms with Gasteiger partial charge < -0.3 is 10.1 Å². The third-order valence-electron chi connectivity index (χ3n) is 4.31. The fourth-order valence-corrected chi connectivity index (χ4v) is 3.10. The monoisotopic (exact) mass is 261 g/mol. The van der Waals surface area contributed by atoms with Crippen molar-refractivity contribution in [3.8, 4) is 0 Å². The molecule has 1 N–H and O–H groups in total. The Kier molecular flexibility index (Phi) is 3.69. The zero-order chi connectivity index (χ0) is 13.1. The van der Waals surface area contributed by atoms with E-state index in [4.69, 9.17) is 4.74 Å². The van der Waals surface area contributed by atoms with Crippen LogP contribution in [-0.4, -0.2) is 28.7 Å². The number of hydrogen-bond donors (Lipinski definition) is 1. The first kappa shape index (κ1) is 12.9. The second kappa shape index (κ2) is 5.45. The van der Waals surface area contributed by atoms with Crippen molar-refractivity contribution in [2.45, 2.75) is 57.5 Å². The summed E-state index contributed by atoms with van der Waals surface area (Å²) in [5.74, 6) is 1.03. The van der Waals surface area contributed by atoms with Gasteiger partial charge in [-0.25, -0.2) is 9.97 Å². The molecule has 1 atom stereocenters. The van der Waals surface area contributed by atoms with Crippen molar-refractivity contribution in [2.75, 3.05) is 18.5 Å². The van der Waals surface area contributed by atoms with Crippen molar-refractivity contribution in [3.05, 3.63) is 17.6 Å². The van der Waals surface area contributed by atoms with Crippen LogP contribution in [0.25, 0.3) is 0 Å². The van der Waals surface area contributed by atoms with Gasteiger partial charge in [0, 0.05) is 24.4 Å². The number of hydrogen-bond acceptors (Lipinski definition) is 4. The van der Waals surface area contributed by atoms with Crippen molar-refractivity contribution in [3.63, 3.8) is 0 Å². The summed E-state index contributed by atoms with van der Waals surface area (Å²) in [6.45, 7) is 3.92. The molecular formula is C15H23N3O. The highest BCUT2D eigenvalue weighted by Gasteiger charge is 2.30. The van der Waals surface area contributed by atoms with E-state index in [-0.39, 0.29) is 5.60 Å². The van der Waals surface area contributed by atoms with Crippen LogP contribution in [0.3, 0.4) is 0 Å². The number of nitrogens with zero attached hydrogens (tertiary/aromatic N) is 2. The number of ether oxygens (including phenoxy) is 1. The minimum atomic E-state index is -0.0252. The molecule has 4 heteroatoms. The van der Waals surface area contributed by atoms with Crippen LogP contribution in [0.5, 0.6) is 0 Å². The maximum atomic E-state index is 5.83. The maximum Gasteiger partial charge on any atom is 0.132 e. The van der Waals surface area contributed by atoms with Gasteiger partial charge in [0.25, 0.3) is 0 Å². The van der Waals surface area contributed by atoms with Crippen molar-refractivity contribution in [1.82, 2.24) is 9.97 Å². The quantitative estimate of drug-likeness (QED) is 0.850. The average Bonchev–Trinajstić information content (AvgIpc) is 2.71. The molecule has 19 heavy (non-hydrogen) atoms. The number of rotatable bonds is 3. The van der Waals surface area contributed by atoms with Gasteiger partial charge in [0.2, 0.25) is 0 Å². The molecule has 1 fully saturated rings. The Bertz CT molecular complexity index is 441. The van der Waals surface area contributed by atoms with Gasteiger partial charge in [0.15, 0.2) is 0 Å². The number of anilines is 1. The van der Waals surface area contributed by atoms with E-state index >= 15 is 0 Å². The maximum absolute atomic E-state index is 5.83. The first-order valence-corrected chi connectivity index (χ1v) is 7.47. The SMILES string of the molecule is CC1(CNc2ncnc3c2CCCCC3)CCCO1. The molecule has 104 valence electrons. The lowest BCUT2D eigenvalue weighted by Gasteiger charge is -2.24. The third kappa shape index (κ3) is 2.89. The normalized spacial score (nSPS) is 26.8. The molecule has 0 aromatic carbocycles. The van der Waals surface area contributed by atoms with Gasteiger partial charge in [-0.1, -0.05) is 6.42 Å². The Morgan fingerprint density at radius 2 is 2.11 bits per heavy atom. The van der Waals surface area contributed by atoms with E-state index in [0.717, 1.165) is 38.2 Å². The van der Waals surface area contributed by atoms with Crippen molar-refractivity contribution in [2.24, 2.45) is 0 Å². The lowest BCUT2D eigenvalue weighted by atomic mass is 10.0. The molecule has 0 radical (unpaired) electrons. The first-order chi connectivity index (χ1) is 9.27. The minimum absolute atomic E-state index is 0.0252. The van der Waals surface area contributed by atoms with Crippen LogP contribution in [0.15, 0.2) is 6.33 Å². The molecule has 0 amide bonds. The van der Waals surface area contributed by atoms with Gasteiger partial charge in [0.05, 0.1) is 5.60 Å². The van der Waals surface area contributed by atoms with Crippen LogP contribution >= 0.6 is 0 Å². The second-order valence-electron chi connectivity index (χ2n) is 5.96. The summed E-state index contributed by atoms with van der Waals surface area (Å²) in [5, 5.41) is 3.51. The predicted octanol–water partition coefficient (Wildman–Crippen LogP) is 2.73.